The highest BCUT2D eigenvalue weighted by Crippen LogP contribution is 2.47. The number of hydrogen-bond acceptors (Lipinski definition) is 3. The van der Waals surface area contributed by atoms with Crippen LogP contribution in [0.25, 0.3) is 33.4 Å². The quantitative estimate of drug-likeness (QED) is 0.318. The first kappa shape index (κ1) is 23.0. The zero-order chi connectivity index (χ0) is 24.0. The van der Waals surface area contributed by atoms with E-state index in [0.29, 0.717) is 0 Å². The Morgan fingerprint density at radius 1 is 0.515 bits per heavy atom. The number of rotatable bonds is 4. The van der Waals surface area contributed by atoms with E-state index in [-0.39, 0.29) is 10.8 Å². The van der Waals surface area contributed by atoms with Gasteiger partial charge in [0, 0.05) is 11.1 Å². The lowest BCUT2D eigenvalue weighted by molar-refractivity contribution is 0.411. The first-order valence-corrected chi connectivity index (χ1v) is 11.4. The predicted octanol–water partition coefficient (Wildman–Crippen LogP) is 8.38. The number of hydrogen-bond donors (Lipinski definition) is 0. The topological polar surface area (TPSA) is 31.6 Å². The van der Waals surface area contributed by atoms with Gasteiger partial charge < -0.3 is 13.9 Å². The Labute approximate surface area is 197 Å². The summed E-state index contributed by atoms with van der Waals surface area (Å²) in [7, 11) is 3.39. The third-order valence-electron chi connectivity index (χ3n) is 6.25. The molecule has 0 amide bonds. The first-order valence-electron chi connectivity index (χ1n) is 11.4. The monoisotopic (exact) mass is 442 g/mol. The smallest absolute Gasteiger partial charge is 0.146 e. The van der Waals surface area contributed by atoms with Crippen molar-refractivity contribution in [1.82, 2.24) is 0 Å². The van der Waals surface area contributed by atoms with Crippen molar-refractivity contribution in [3.05, 3.63) is 71.8 Å². The van der Waals surface area contributed by atoms with Crippen LogP contribution in [0, 0.1) is 0 Å². The lowest BCUT2D eigenvalue weighted by Gasteiger charge is -2.19. The van der Waals surface area contributed by atoms with E-state index in [1.54, 1.807) is 14.2 Å². The molecule has 0 N–H and O–H groups in total. The van der Waals surface area contributed by atoms with Gasteiger partial charge in [0.25, 0.3) is 0 Å². The van der Waals surface area contributed by atoms with Crippen molar-refractivity contribution < 1.29 is 13.9 Å². The van der Waals surface area contributed by atoms with E-state index in [0.717, 1.165) is 44.9 Å². The summed E-state index contributed by atoms with van der Waals surface area (Å²) in [5.41, 5.74) is 4.76. The van der Waals surface area contributed by atoms with Crippen molar-refractivity contribution in [3.8, 4) is 34.1 Å². The lowest BCUT2D eigenvalue weighted by atomic mass is 9.86. The molecule has 0 aliphatic rings. The van der Waals surface area contributed by atoms with E-state index < -0.39 is 0 Å². The standard InChI is InChI=1S/C30H34O3/c1-29(2,3)21-13-9-19(10-14-21)27-25-23(31-7)17-18-24(32-8)26(25)28(33-27)20-11-15-22(16-12-20)30(4,5)6/h9-18H,1-8H3. The van der Waals surface area contributed by atoms with Crippen LogP contribution in [-0.4, -0.2) is 14.2 Å². The fourth-order valence-electron chi connectivity index (χ4n) is 4.21. The van der Waals surface area contributed by atoms with Crippen LogP contribution in [0.3, 0.4) is 0 Å². The van der Waals surface area contributed by atoms with Crippen molar-refractivity contribution in [2.45, 2.75) is 52.4 Å². The van der Waals surface area contributed by atoms with Gasteiger partial charge in [-0.2, -0.15) is 0 Å². The summed E-state index contributed by atoms with van der Waals surface area (Å²) in [4.78, 5) is 0. The third-order valence-corrected chi connectivity index (χ3v) is 6.25. The number of ether oxygens (including phenoxy) is 2. The molecule has 4 aromatic rings. The molecule has 4 rings (SSSR count). The van der Waals surface area contributed by atoms with Gasteiger partial charge in [-0.15, -0.1) is 0 Å². The minimum absolute atomic E-state index is 0.0879. The molecule has 0 aliphatic carbocycles. The molecule has 172 valence electrons. The molecule has 0 saturated heterocycles. The molecule has 0 spiro atoms. The molecule has 3 nitrogen and oxygen atoms in total. The normalized spacial score (nSPS) is 12.2. The van der Waals surface area contributed by atoms with Crippen LogP contribution < -0.4 is 9.47 Å². The summed E-state index contributed by atoms with van der Waals surface area (Å²) in [5.74, 6) is 3.11. The van der Waals surface area contributed by atoms with Gasteiger partial charge in [-0.05, 0) is 34.1 Å². The van der Waals surface area contributed by atoms with Gasteiger partial charge in [-0.1, -0.05) is 90.1 Å². The maximum atomic E-state index is 6.61. The highest BCUT2D eigenvalue weighted by molar-refractivity contribution is 6.09. The molecule has 0 fully saturated rings. The summed E-state index contributed by atoms with van der Waals surface area (Å²) >= 11 is 0. The maximum Gasteiger partial charge on any atom is 0.146 e. The largest absolute Gasteiger partial charge is 0.496 e. The fourth-order valence-corrected chi connectivity index (χ4v) is 4.21. The van der Waals surface area contributed by atoms with E-state index in [1.165, 1.54) is 11.1 Å². The zero-order valence-corrected chi connectivity index (χ0v) is 21.0. The molecule has 0 aliphatic heterocycles. The van der Waals surface area contributed by atoms with Crippen LogP contribution in [0.2, 0.25) is 0 Å². The molecule has 3 aromatic carbocycles. The highest BCUT2D eigenvalue weighted by atomic mass is 16.5. The average molecular weight is 443 g/mol. The SMILES string of the molecule is COc1ccc(OC)c2c(-c3ccc(C(C)(C)C)cc3)oc(-c3ccc(C(C)(C)C)cc3)c12. The minimum Gasteiger partial charge on any atom is -0.496 e. The van der Waals surface area contributed by atoms with Crippen LogP contribution in [0.1, 0.15) is 52.7 Å². The summed E-state index contributed by atoms with van der Waals surface area (Å²) < 4.78 is 18.1. The molecule has 0 saturated carbocycles. The van der Waals surface area contributed by atoms with Gasteiger partial charge in [0.15, 0.2) is 0 Å². The van der Waals surface area contributed by atoms with Crippen LogP contribution in [0.5, 0.6) is 11.5 Å². The van der Waals surface area contributed by atoms with Gasteiger partial charge in [0.2, 0.25) is 0 Å². The number of fused-ring (bicyclic) bond motifs is 1. The van der Waals surface area contributed by atoms with Gasteiger partial charge >= 0.3 is 0 Å². The Kier molecular flexibility index (Phi) is 5.78. The molecule has 33 heavy (non-hydrogen) atoms. The van der Waals surface area contributed by atoms with Crippen molar-refractivity contribution >= 4 is 10.8 Å². The first-order chi connectivity index (χ1) is 15.5. The minimum atomic E-state index is 0.0879. The summed E-state index contributed by atoms with van der Waals surface area (Å²) in [6.07, 6.45) is 0. The second-order valence-corrected chi connectivity index (χ2v) is 10.6. The van der Waals surface area contributed by atoms with Crippen molar-refractivity contribution in [1.29, 1.82) is 0 Å². The molecule has 1 heterocycles. The number of benzene rings is 3. The molecule has 0 atom stereocenters. The number of furan rings is 1. The molecule has 3 heteroatoms. The maximum absolute atomic E-state index is 6.61. The molecule has 0 radical (unpaired) electrons. The fraction of sp³-hybridized carbons (Fsp3) is 0.333. The van der Waals surface area contributed by atoms with Crippen LogP contribution in [-0.2, 0) is 10.8 Å². The molecule has 0 bridgehead atoms. The van der Waals surface area contributed by atoms with Gasteiger partial charge in [-0.25, -0.2) is 0 Å². The molecular weight excluding hydrogens is 408 g/mol. The van der Waals surface area contributed by atoms with Crippen molar-refractivity contribution in [2.24, 2.45) is 0 Å². The summed E-state index contributed by atoms with van der Waals surface area (Å²) in [6, 6.07) is 21.1. The predicted molar refractivity (Wildman–Crippen MR) is 138 cm³/mol. The Morgan fingerprint density at radius 3 is 1.12 bits per heavy atom. The molecule has 0 unspecified atom stereocenters. The van der Waals surface area contributed by atoms with E-state index in [2.05, 4.69) is 90.1 Å². The van der Waals surface area contributed by atoms with Crippen LogP contribution in [0.15, 0.2) is 65.1 Å². The van der Waals surface area contributed by atoms with E-state index in [4.69, 9.17) is 13.9 Å². The van der Waals surface area contributed by atoms with E-state index in [1.807, 2.05) is 12.1 Å². The van der Waals surface area contributed by atoms with Gasteiger partial charge in [-0.3, -0.25) is 0 Å². The van der Waals surface area contributed by atoms with Crippen LogP contribution in [0.4, 0.5) is 0 Å². The zero-order valence-electron chi connectivity index (χ0n) is 21.0. The van der Waals surface area contributed by atoms with E-state index in [9.17, 15) is 0 Å². The van der Waals surface area contributed by atoms with Crippen molar-refractivity contribution in [2.75, 3.05) is 14.2 Å². The Bertz CT molecular complexity index is 1160. The van der Waals surface area contributed by atoms with Gasteiger partial charge in [0.05, 0.1) is 25.0 Å². The Morgan fingerprint density at radius 2 is 0.848 bits per heavy atom. The molecular formula is C30H34O3. The van der Waals surface area contributed by atoms with Crippen molar-refractivity contribution in [3.63, 3.8) is 0 Å². The Hall–Kier alpha value is -3.20. The van der Waals surface area contributed by atoms with Gasteiger partial charge in [0.1, 0.15) is 23.0 Å². The number of methoxy groups -OCH3 is 2. The Balaban J connectivity index is 1.97. The molecule has 1 aromatic heterocycles. The highest BCUT2D eigenvalue weighted by Gasteiger charge is 2.24. The summed E-state index contributed by atoms with van der Waals surface area (Å²) in [6.45, 7) is 13.3. The second-order valence-electron chi connectivity index (χ2n) is 10.6. The summed E-state index contributed by atoms with van der Waals surface area (Å²) in [5, 5.41) is 1.85. The third kappa shape index (κ3) is 4.25. The average Bonchev–Trinajstić information content (AvgIpc) is 3.18. The van der Waals surface area contributed by atoms with Crippen LogP contribution >= 0.6 is 0 Å². The second kappa shape index (κ2) is 8.30. The van der Waals surface area contributed by atoms with E-state index >= 15 is 0 Å². The lowest BCUT2D eigenvalue weighted by Crippen LogP contribution is -2.10.